The summed E-state index contributed by atoms with van der Waals surface area (Å²) in [6.07, 6.45) is 4.87. The van der Waals surface area contributed by atoms with E-state index < -0.39 is 0 Å². The number of esters is 1. The summed E-state index contributed by atoms with van der Waals surface area (Å²) in [6.45, 7) is 2.03. The molecule has 2 aromatic heterocycles. The molecule has 0 saturated carbocycles. The molecular formula is C20H20FN3O3. The van der Waals surface area contributed by atoms with Crippen LogP contribution in [-0.2, 0) is 22.4 Å². The van der Waals surface area contributed by atoms with Gasteiger partial charge in [0.1, 0.15) is 5.82 Å². The second kappa shape index (κ2) is 9.02. The SMILES string of the molecule is CC(Cc1cccc(F)c1)C(=O)OCCCc1nc(-c2cccnc2)no1. The van der Waals surface area contributed by atoms with Gasteiger partial charge in [-0.1, -0.05) is 24.2 Å². The molecule has 0 bridgehead atoms. The smallest absolute Gasteiger partial charge is 0.308 e. The fraction of sp³-hybridized carbons (Fsp3) is 0.300. The summed E-state index contributed by atoms with van der Waals surface area (Å²) < 4.78 is 23.7. The lowest BCUT2D eigenvalue weighted by atomic mass is 10.0. The highest BCUT2D eigenvalue weighted by atomic mass is 19.1. The number of hydrogen-bond donors (Lipinski definition) is 0. The highest BCUT2D eigenvalue weighted by Gasteiger charge is 2.16. The van der Waals surface area contributed by atoms with E-state index in [-0.39, 0.29) is 24.3 Å². The zero-order valence-electron chi connectivity index (χ0n) is 15.0. The summed E-state index contributed by atoms with van der Waals surface area (Å²) in [5, 5.41) is 3.92. The number of pyridine rings is 1. The van der Waals surface area contributed by atoms with Crippen LogP contribution in [0, 0.1) is 11.7 Å². The Morgan fingerprint density at radius 1 is 1.30 bits per heavy atom. The van der Waals surface area contributed by atoms with Crippen molar-refractivity contribution in [3.63, 3.8) is 0 Å². The highest BCUT2D eigenvalue weighted by Crippen LogP contribution is 2.15. The minimum absolute atomic E-state index is 0.261. The number of carbonyl (C=O) groups is 1. The van der Waals surface area contributed by atoms with E-state index in [0.29, 0.717) is 31.0 Å². The Balaban J connectivity index is 1.41. The monoisotopic (exact) mass is 369 g/mol. The first-order valence-corrected chi connectivity index (χ1v) is 8.76. The predicted molar refractivity (Wildman–Crippen MR) is 96.1 cm³/mol. The number of hydrogen-bond acceptors (Lipinski definition) is 6. The largest absolute Gasteiger partial charge is 0.465 e. The Morgan fingerprint density at radius 3 is 2.96 bits per heavy atom. The molecule has 0 aliphatic rings. The van der Waals surface area contributed by atoms with Gasteiger partial charge in [-0.2, -0.15) is 4.98 Å². The van der Waals surface area contributed by atoms with Crippen molar-refractivity contribution in [3.8, 4) is 11.4 Å². The summed E-state index contributed by atoms with van der Waals surface area (Å²) >= 11 is 0. The fourth-order valence-electron chi connectivity index (χ4n) is 2.61. The molecule has 0 aliphatic heterocycles. The van der Waals surface area contributed by atoms with Gasteiger partial charge in [-0.3, -0.25) is 9.78 Å². The van der Waals surface area contributed by atoms with Gasteiger partial charge in [0.25, 0.3) is 0 Å². The molecule has 1 unspecified atom stereocenters. The van der Waals surface area contributed by atoms with E-state index in [1.807, 2.05) is 6.07 Å². The van der Waals surface area contributed by atoms with E-state index >= 15 is 0 Å². The Labute approximate surface area is 156 Å². The lowest BCUT2D eigenvalue weighted by molar-refractivity contribution is -0.148. The van der Waals surface area contributed by atoms with Crippen molar-refractivity contribution in [2.45, 2.75) is 26.2 Å². The van der Waals surface area contributed by atoms with Crippen molar-refractivity contribution >= 4 is 5.97 Å². The van der Waals surface area contributed by atoms with E-state index in [9.17, 15) is 9.18 Å². The number of nitrogens with zero attached hydrogens (tertiary/aromatic N) is 3. The van der Waals surface area contributed by atoms with E-state index in [4.69, 9.17) is 9.26 Å². The van der Waals surface area contributed by atoms with Crippen LogP contribution in [-0.4, -0.2) is 27.7 Å². The lowest BCUT2D eigenvalue weighted by Crippen LogP contribution is -2.18. The quantitative estimate of drug-likeness (QED) is 0.446. The number of aryl methyl sites for hydroxylation is 1. The van der Waals surface area contributed by atoms with Gasteiger partial charge in [0.05, 0.1) is 12.5 Å². The minimum atomic E-state index is -0.340. The molecule has 140 valence electrons. The maximum Gasteiger partial charge on any atom is 0.308 e. The van der Waals surface area contributed by atoms with Crippen LogP contribution in [0.15, 0.2) is 53.3 Å². The second-order valence-electron chi connectivity index (χ2n) is 6.26. The molecule has 0 spiro atoms. The summed E-state index contributed by atoms with van der Waals surface area (Å²) in [5.74, 6) is 0.0167. The van der Waals surface area contributed by atoms with Crippen LogP contribution in [0.25, 0.3) is 11.4 Å². The van der Waals surface area contributed by atoms with Gasteiger partial charge in [0.15, 0.2) is 0 Å². The molecule has 0 fully saturated rings. The summed E-state index contributed by atoms with van der Waals surface area (Å²) in [7, 11) is 0. The van der Waals surface area contributed by atoms with Crippen molar-refractivity contribution in [2.75, 3.05) is 6.61 Å². The van der Waals surface area contributed by atoms with Gasteiger partial charge in [0.2, 0.25) is 11.7 Å². The Bertz CT molecular complexity index is 883. The Hall–Kier alpha value is -3.09. The van der Waals surface area contributed by atoms with Gasteiger partial charge in [-0.05, 0) is 42.7 Å². The summed E-state index contributed by atoms with van der Waals surface area (Å²) in [4.78, 5) is 20.4. The van der Waals surface area contributed by atoms with E-state index in [0.717, 1.165) is 11.1 Å². The number of aromatic nitrogens is 3. The van der Waals surface area contributed by atoms with Gasteiger partial charge in [-0.15, -0.1) is 0 Å². The topological polar surface area (TPSA) is 78.1 Å². The average molecular weight is 369 g/mol. The molecule has 1 aromatic carbocycles. The summed E-state index contributed by atoms with van der Waals surface area (Å²) in [6, 6.07) is 9.89. The molecule has 27 heavy (non-hydrogen) atoms. The molecular weight excluding hydrogens is 349 g/mol. The van der Waals surface area contributed by atoms with Gasteiger partial charge >= 0.3 is 5.97 Å². The molecule has 0 aliphatic carbocycles. The molecule has 6 nitrogen and oxygen atoms in total. The van der Waals surface area contributed by atoms with Gasteiger partial charge in [0, 0.05) is 24.4 Å². The van der Waals surface area contributed by atoms with Crippen molar-refractivity contribution in [1.29, 1.82) is 0 Å². The van der Waals surface area contributed by atoms with Crippen molar-refractivity contribution < 1.29 is 18.4 Å². The Kier molecular flexibility index (Phi) is 6.25. The molecule has 0 radical (unpaired) electrons. The third kappa shape index (κ3) is 5.44. The molecule has 3 rings (SSSR count). The zero-order chi connectivity index (χ0) is 19.1. The molecule has 2 heterocycles. The second-order valence-corrected chi connectivity index (χ2v) is 6.26. The lowest BCUT2D eigenvalue weighted by Gasteiger charge is -2.11. The minimum Gasteiger partial charge on any atom is -0.465 e. The van der Waals surface area contributed by atoms with Crippen LogP contribution in [0.4, 0.5) is 4.39 Å². The first-order chi connectivity index (χ1) is 13.1. The molecule has 3 aromatic rings. The van der Waals surface area contributed by atoms with Crippen molar-refractivity contribution in [1.82, 2.24) is 15.1 Å². The molecule has 0 amide bonds. The van der Waals surface area contributed by atoms with Crippen molar-refractivity contribution in [2.24, 2.45) is 5.92 Å². The first kappa shape index (κ1) is 18.7. The average Bonchev–Trinajstić information content (AvgIpc) is 3.15. The molecule has 1 atom stereocenters. The van der Waals surface area contributed by atoms with Gasteiger partial charge in [-0.25, -0.2) is 4.39 Å². The van der Waals surface area contributed by atoms with Crippen molar-refractivity contribution in [3.05, 3.63) is 66.1 Å². The zero-order valence-corrected chi connectivity index (χ0v) is 15.0. The molecule has 0 saturated heterocycles. The van der Waals surface area contributed by atoms with Crippen LogP contribution in [0.2, 0.25) is 0 Å². The maximum atomic E-state index is 13.2. The highest BCUT2D eigenvalue weighted by molar-refractivity contribution is 5.72. The van der Waals surface area contributed by atoms with E-state index in [2.05, 4.69) is 15.1 Å². The summed E-state index contributed by atoms with van der Waals surface area (Å²) in [5.41, 5.74) is 1.55. The third-order valence-corrected chi connectivity index (χ3v) is 4.00. The van der Waals surface area contributed by atoms with Crippen LogP contribution in [0.5, 0.6) is 0 Å². The predicted octanol–water partition coefficient (Wildman–Crippen LogP) is 3.63. The third-order valence-electron chi connectivity index (χ3n) is 4.00. The van der Waals surface area contributed by atoms with Crippen LogP contribution in [0.3, 0.4) is 0 Å². The van der Waals surface area contributed by atoms with E-state index in [1.165, 1.54) is 12.1 Å². The van der Waals surface area contributed by atoms with Crippen LogP contribution >= 0.6 is 0 Å². The maximum absolute atomic E-state index is 13.2. The Morgan fingerprint density at radius 2 is 2.19 bits per heavy atom. The van der Waals surface area contributed by atoms with Crippen LogP contribution < -0.4 is 0 Å². The standard InChI is InChI=1S/C20H20FN3O3/c1-14(11-15-5-2-7-17(21)12-15)20(25)26-10-4-8-18-23-19(24-27-18)16-6-3-9-22-13-16/h2-3,5-7,9,12-14H,4,8,10-11H2,1H3. The number of carbonyl (C=O) groups excluding carboxylic acids is 1. The van der Waals surface area contributed by atoms with E-state index in [1.54, 1.807) is 37.5 Å². The number of ether oxygens (including phenoxy) is 1. The van der Waals surface area contributed by atoms with Crippen LogP contribution in [0.1, 0.15) is 24.8 Å². The molecule has 7 heteroatoms. The number of halogens is 1. The fourth-order valence-corrected chi connectivity index (χ4v) is 2.61. The molecule has 0 N–H and O–H groups in total. The first-order valence-electron chi connectivity index (χ1n) is 8.76. The number of benzene rings is 1. The normalized spacial score (nSPS) is 11.9. The number of rotatable bonds is 8. The van der Waals surface area contributed by atoms with Gasteiger partial charge < -0.3 is 9.26 Å².